The van der Waals surface area contributed by atoms with Gasteiger partial charge in [-0.25, -0.2) is 0 Å². The molecule has 8 heteroatoms. The minimum atomic E-state index is -0.483. The van der Waals surface area contributed by atoms with Crippen LogP contribution < -0.4 is 20.7 Å². The summed E-state index contributed by atoms with van der Waals surface area (Å²) in [6, 6.07) is 31.0. The minimum absolute atomic E-state index is 0.0823. The molecule has 0 saturated heterocycles. The maximum absolute atomic E-state index is 13.4. The lowest BCUT2D eigenvalue weighted by Gasteiger charge is -2.12. The van der Waals surface area contributed by atoms with Gasteiger partial charge in [-0.2, -0.15) is 0 Å². The molecule has 0 aliphatic rings. The van der Waals surface area contributed by atoms with Crippen molar-refractivity contribution in [1.82, 2.24) is 5.32 Å². The Morgan fingerprint density at radius 3 is 2.21 bits per heavy atom. The molecule has 4 aromatic rings. The average Bonchev–Trinajstić information content (AvgIpc) is 3.01. The molecule has 7 nitrogen and oxygen atoms in total. The number of hydrogen-bond donors (Lipinski definition) is 3. The molecule has 0 saturated carbocycles. The first-order valence-corrected chi connectivity index (χ1v) is 15.0. The van der Waals surface area contributed by atoms with Crippen LogP contribution in [0.15, 0.2) is 114 Å². The zero-order chi connectivity index (χ0) is 30.6. The summed E-state index contributed by atoms with van der Waals surface area (Å²) in [7, 11) is 0. The molecule has 0 bridgehead atoms. The van der Waals surface area contributed by atoms with Crippen LogP contribution in [0.25, 0.3) is 6.08 Å². The zero-order valence-electron chi connectivity index (χ0n) is 24.4. The summed E-state index contributed by atoms with van der Waals surface area (Å²) >= 11 is 1.36. The number of hydrogen-bond acceptors (Lipinski definition) is 5. The van der Waals surface area contributed by atoms with Gasteiger partial charge in [0, 0.05) is 21.8 Å². The summed E-state index contributed by atoms with van der Waals surface area (Å²) in [6.45, 7) is 6.70. The van der Waals surface area contributed by atoms with Crippen molar-refractivity contribution in [2.45, 2.75) is 31.6 Å². The lowest BCUT2D eigenvalue weighted by molar-refractivity contribution is -0.114. The molecule has 0 fully saturated rings. The summed E-state index contributed by atoms with van der Waals surface area (Å²) in [6.07, 6.45) is 1.61. The van der Waals surface area contributed by atoms with Crippen molar-refractivity contribution in [2.75, 3.05) is 23.0 Å². The number of carbonyl (C=O) groups excluding carboxylic acids is 3. The molecule has 3 amide bonds. The molecule has 0 atom stereocenters. The molecule has 0 radical (unpaired) electrons. The van der Waals surface area contributed by atoms with Gasteiger partial charge in [0.15, 0.2) is 0 Å². The predicted octanol–water partition coefficient (Wildman–Crippen LogP) is 7.35. The van der Waals surface area contributed by atoms with Crippen molar-refractivity contribution in [3.05, 3.63) is 126 Å². The number of nitrogens with one attached hydrogen (secondary N) is 3. The number of benzene rings is 4. The highest BCUT2D eigenvalue weighted by Crippen LogP contribution is 2.23. The number of anilines is 2. The molecule has 3 N–H and O–H groups in total. The van der Waals surface area contributed by atoms with Crippen LogP contribution in [0, 0.1) is 0 Å². The van der Waals surface area contributed by atoms with Crippen molar-refractivity contribution < 1.29 is 19.1 Å². The van der Waals surface area contributed by atoms with E-state index in [1.807, 2.05) is 55.5 Å². The highest BCUT2D eigenvalue weighted by molar-refractivity contribution is 8.00. The fraction of sp³-hybridized carbons (Fsp3) is 0.171. The lowest BCUT2D eigenvalue weighted by Crippen LogP contribution is -2.30. The van der Waals surface area contributed by atoms with E-state index in [0.29, 0.717) is 29.5 Å². The van der Waals surface area contributed by atoms with Gasteiger partial charge in [0.1, 0.15) is 11.4 Å². The number of ether oxygens (including phenoxy) is 1. The third-order valence-corrected chi connectivity index (χ3v) is 7.35. The van der Waals surface area contributed by atoms with E-state index in [0.717, 1.165) is 16.1 Å². The molecule has 220 valence electrons. The third-order valence-electron chi connectivity index (χ3n) is 6.35. The SMILES string of the molecule is CCOc1ccc(/C=C(/NC(=O)c2ccccc2)C(=O)Nc2cccc(SCC(=O)Nc3ccc(C(C)C)cc3)c2)cc1. The van der Waals surface area contributed by atoms with Crippen LogP contribution in [0.4, 0.5) is 11.4 Å². The molecular formula is C35H35N3O4S. The van der Waals surface area contributed by atoms with Gasteiger partial charge in [0.25, 0.3) is 11.8 Å². The Morgan fingerprint density at radius 1 is 0.814 bits per heavy atom. The smallest absolute Gasteiger partial charge is 0.272 e. The van der Waals surface area contributed by atoms with Crippen LogP contribution in [0.5, 0.6) is 5.75 Å². The highest BCUT2D eigenvalue weighted by Gasteiger charge is 2.16. The maximum Gasteiger partial charge on any atom is 0.272 e. The molecule has 43 heavy (non-hydrogen) atoms. The summed E-state index contributed by atoms with van der Waals surface area (Å²) in [5.74, 6) is 0.336. The molecule has 0 aromatic heterocycles. The van der Waals surface area contributed by atoms with Gasteiger partial charge in [0.05, 0.1) is 12.4 Å². The van der Waals surface area contributed by atoms with Crippen molar-refractivity contribution in [2.24, 2.45) is 0 Å². The Bertz CT molecular complexity index is 1570. The van der Waals surface area contributed by atoms with E-state index in [1.54, 1.807) is 60.7 Å². The Balaban J connectivity index is 1.43. The maximum atomic E-state index is 13.4. The molecule has 4 rings (SSSR count). The van der Waals surface area contributed by atoms with Gasteiger partial charge in [0.2, 0.25) is 5.91 Å². The molecule has 4 aromatic carbocycles. The summed E-state index contributed by atoms with van der Waals surface area (Å²) < 4.78 is 5.51. The van der Waals surface area contributed by atoms with E-state index in [4.69, 9.17) is 4.74 Å². The first kappa shape index (κ1) is 31.1. The van der Waals surface area contributed by atoms with Gasteiger partial charge in [-0.1, -0.05) is 62.4 Å². The topological polar surface area (TPSA) is 96.5 Å². The first-order chi connectivity index (χ1) is 20.8. The summed E-state index contributed by atoms with van der Waals surface area (Å²) in [5, 5.41) is 8.54. The van der Waals surface area contributed by atoms with Gasteiger partial charge in [-0.15, -0.1) is 11.8 Å². The molecule has 0 heterocycles. The standard InChI is InChI=1S/C35H35N3O4S/c1-4-42-30-19-13-25(14-20-30)21-32(38-34(40)27-9-6-5-7-10-27)35(41)37-29-11-8-12-31(22-29)43-23-33(39)36-28-17-15-26(16-18-28)24(2)3/h5-22,24H,4,23H2,1-3H3,(H,36,39)(H,37,41)(H,38,40)/b32-21+. The van der Waals surface area contributed by atoms with E-state index in [-0.39, 0.29) is 17.4 Å². The molecule has 0 unspecified atom stereocenters. The largest absolute Gasteiger partial charge is 0.494 e. The van der Waals surface area contributed by atoms with E-state index in [1.165, 1.54) is 17.3 Å². The summed E-state index contributed by atoms with van der Waals surface area (Å²) in [4.78, 5) is 39.7. The second-order valence-corrected chi connectivity index (χ2v) is 11.0. The van der Waals surface area contributed by atoms with E-state index in [9.17, 15) is 14.4 Å². The Kier molecular flexibility index (Phi) is 11.2. The summed E-state index contributed by atoms with van der Waals surface area (Å²) in [5.41, 5.74) is 3.73. The quantitative estimate of drug-likeness (QED) is 0.118. The first-order valence-electron chi connectivity index (χ1n) is 14.1. The molecule has 0 aliphatic heterocycles. The van der Waals surface area contributed by atoms with Gasteiger partial charge in [-0.05, 0) is 84.6 Å². The van der Waals surface area contributed by atoms with Crippen molar-refractivity contribution >= 4 is 46.9 Å². The highest BCUT2D eigenvalue weighted by atomic mass is 32.2. The second kappa shape index (κ2) is 15.4. The Labute approximate surface area is 256 Å². The minimum Gasteiger partial charge on any atom is -0.494 e. The average molecular weight is 594 g/mol. The lowest BCUT2D eigenvalue weighted by atomic mass is 10.0. The normalized spacial score (nSPS) is 11.1. The predicted molar refractivity (Wildman–Crippen MR) is 174 cm³/mol. The Morgan fingerprint density at radius 2 is 1.53 bits per heavy atom. The van der Waals surface area contributed by atoms with Crippen LogP contribution in [-0.2, 0) is 9.59 Å². The van der Waals surface area contributed by atoms with Crippen LogP contribution >= 0.6 is 11.8 Å². The number of amides is 3. The van der Waals surface area contributed by atoms with Crippen LogP contribution in [0.1, 0.15) is 48.2 Å². The second-order valence-electron chi connectivity index (χ2n) is 9.98. The fourth-order valence-corrected chi connectivity index (χ4v) is 4.85. The molecular weight excluding hydrogens is 558 g/mol. The Hall–Kier alpha value is -4.82. The third kappa shape index (κ3) is 9.61. The molecule has 0 spiro atoms. The van der Waals surface area contributed by atoms with Gasteiger partial charge >= 0.3 is 0 Å². The van der Waals surface area contributed by atoms with Crippen LogP contribution in [-0.4, -0.2) is 30.1 Å². The number of carbonyl (C=O) groups is 3. The molecule has 0 aliphatic carbocycles. The van der Waals surface area contributed by atoms with Gasteiger partial charge < -0.3 is 20.7 Å². The van der Waals surface area contributed by atoms with Crippen molar-refractivity contribution in [3.8, 4) is 5.75 Å². The van der Waals surface area contributed by atoms with Crippen molar-refractivity contribution in [3.63, 3.8) is 0 Å². The number of thioether (sulfide) groups is 1. The van der Waals surface area contributed by atoms with E-state index >= 15 is 0 Å². The fourth-order valence-electron chi connectivity index (χ4n) is 4.10. The van der Waals surface area contributed by atoms with Gasteiger partial charge in [-0.3, -0.25) is 14.4 Å². The van der Waals surface area contributed by atoms with Crippen molar-refractivity contribution in [1.29, 1.82) is 0 Å². The van der Waals surface area contributed by atoms with Crippen LogP contribution in [0.2, 0.25) is 0 Å². The zero-order valence-corrected chi connectivity index (χ0v) is 25.2. The van der Waals surface area contributed by atoms with Crippen LogP contribution in [0.3, 0.4) is 0 Å². The monoisotopic (exact) mass is 593 g/mol. The van der Waals surface area contributed by atoms with E-state index < -0.39 is 11.8 Å². The number of rotatable bonds is 12. The van der Waals surface area contributed by atoms with E-state index in [2.05, 4.69) is 29.8 Å².